The molecule has 1 aliphatic carbocycles. The van der Waals surface area contributed by atoms with Crippen molar-refractivity contribution in [1.82, 2.24) is 5.32 Å². The zero-order valence-electron chi connectivity index (χ0n) is 11.1. The van der Waals surface area contributed by atoms with Gasteiger partial charge in [0.15, 0.2) is 0 Å². The lowest BCUT2D eigenvalue weighted by atomic mass is 9.95. The Balaban J connectivity index is 2.44. The molecule has 0 heterocycles. The zero-order chi connectivity index (χ0) is 12.9. The first-order valence-electron chi connectivity index (χ1n) is 6.71. The van der Waals surface area contributed by atoms with Crippen molar-refractivity contribution in [1.29, 1.82) is 0 Å². The molecule has 0 saturated heterocycles. The maximum absolute atomic E-state index is 13.1. The van der Waals surface area contributed by atoms with Gasteiger partial charge in [-0.1, -0.05) is 6.92 Å². The van der Waals surface area contributed by atoms with Crippen LogP contribution in [0.2, 0.25) is 0 Å². The van der Waals surface area contributed by atoms with E-state index >= 15 is 0 Å². The average Bonchev–Trinajstić information content (AvgIpc) is 2.58. The van der Waals surface area contributed by atoms with Crippen molar-refractivity contribution in [2.75, 3.05) is 13.2 Å². The third-order valence-corrected chi connectivity index (χ3v) is 3.56. The van der Waals surface area contributed by atoms with Gasteiger partial charge in [0.25, 0.3) is 0 Å². The Bertz CT molecular complexity index is 223. The van der Waals surface area contributed by atoms with Crippen LogP contribution in [0.5, 0.6) is 0 Å². The zero-order valence-corrected chi connectivity index (χ0v) is 11.1. The number of likely N-dealkylation sites (N-methyl/N-ethyl adjacent to an activating group) is 1. The maximum atomic E-state index is 13.1. The Labute approximate surface area is 103 Å². The van der Waals surface area contributed by atoms with E-state index in [9.17, 15) is 8.78 Å². The fraction of sp³-hybridized carbons (Fsp3) is 1.00. The lowest BCUT2D eigenvalue weighted by Crippen LogP contribution is -2.41. The molecule has 2 nitrogen and oxygen atoms in total. The van der Waals surface area contributed by atoms with Gasteiger partial charge in [0.1, 0.15) is 0 Å². The van der Waals surface area contributed by atoms with Crippen LogP contribution in [-0.4, -0.2) is 31.2 Å². The Morgan fingerprint density at radius 2 is 2.12 bits per heavy atom. The second kappa shape index (κ2) is 6.64. The monoisotopic (exact) mass is 249 g/mol. The van der Waals surface area contributed by atoms with Crippen LogP contribution >= 0.6 is 0 Å². The summed E-state index contributed by atoms with van der Waals surface area (Å²) in [6, 6.07) is 0.193. The van der Waals surface area contributed by atoms with Gasteiger partial charge in [-0.15, -0.1) is 0 Å². The lowest BCUT2D eigenvalue weighted by Gasteiger charge is -2.27. The second-order valence-electron chi connectivity index (χ2n) is 5.03. The third-order valence-electron chi connectivity index (χ3n) is 3.56. The standard InChI is InChI=1S/C13H25F2NO/c1-4-16-12(10(3)17-5-2)8-11-6-7-13(14,15)9-11/h10-12,16H,4-9H2,1-3H3. The fourth-order valence-corrected chi connectivity index (χ4v) is 2.68. The summed E-state index contributed by atoms with van der Waals surface area (Å²) in [4.78, 5) is 0. The topological polar surface area (TPSA) is 21.3 Å². The summed E-state index contributed by atoms with van der Waals surface area (Å²) in [5.41, 5.74) is 0. The molecule has 102 valence electrons. The minimum absolute atomic E-state index is 0.0493. The third kappa shape index (κ3) is 4.88. The van der Waals surface area contributed by atoms with Crippen molar-refractivity contribution in [3.05, 3.63) is 0 Å². The molecule has 0 bridgehead atoms. The molecule has 1 fully saturated rings. The van der Waals surface area contributed by atoms with E-state index < -0.39 is 5.92 Å². The summed E-state index contributed by atoms with van der Waals surface area (Å²) in [5.74, 6) is -2.30. The van der Waals surface area contributed by atoms with Crippen LogP contribution in [0.3, 0.4) is 0 Å². The van der Waals surface area contributed by atoms with Gasteiger partial charge in [-0.05, 0) is 39.2 Å². The quantitative estimate of drug-likeness (QED) is 0.748. The Morgan fingerprint density at radius 1 is 1.41 bits per heavy atom. The Hall–Kier alpha value is -0.220. The summed E-state index contributed by atoms with van der Waals surface area (Å²) in [6.07, 6.45) is 1.64. The summed E-state index contributed by atoms with van der Waals surface area (Å²) in [6.45, 7) is 7.54. The molecule has 3 unspecified atom stereocenters. The number of hydrogen-bond donors (Lipinski definition) is 1. The van der Waals surface area contributed by atoms with E-state index in [4.69, 9.17) is 4.74 Å². The number of halogens is 2. The summed E-state index contributed by atoms with van der Waals surface area (Å²) in [7, 11) is 0. The minimum Gasteiger partial charge on any atom is -0.377 e. The Kier molecular flexibility index (Phi) is 5.80. The normalized spacial score (nSPS) is 27.0. The summed E-state index contributed by atoms with van der Waals surface area (Å²) < 4.78 is 31.8. The van der Waals surface area contributed by atoms with Gasteiger partial charge in [0, 0.05) is 25.5 Å². The highest BCUT2D eigenvalue weighted by Crippen LogP contribution is 2.41. The molecule has 0 radical (unpaired) electrons. The van der Waals surface area contributed by atoms with Gasteiger partial charge in [0.2, 0.25) is 5.92 Å². The molecule has 1 saturated carbocycles. The minimum atomic E-state index is -2.43. The molecule has 3 atom stereocenters. The molecular weight excluding hydrogens is 224 g/mol. The summed E-state index contributed by atoms with van der Waals surface area (Å²) >= 11 is 0. The molecule has 1 N–H and O–H groups in total. The lowest BCUT2D eigenvalue weighted by molar-refractivity contribution is 0.00138. The van der Waals surface area contributed by atoms with Crippen molar-refractivity contribution in [3.8, 4) is 0 Å². The van der Waals surface area contributed by atoms with Crippen molar-refractivity contribution in [2.45, 2.75) is 64.5 Å². The molecule has 4 heteroatoms. The van der Waals surface area contributed by atoms with Crippen molar-refractivity contribution >= 4 is 0 Å². The predicted molar refractivity (Wildman–Crippen MR) is 65.5 cm³/mol. The fourth-order valence-electron chi connectivity index (χ4n) is 2.68. The Morgan fingerprint density at radius 3 is 2.59 bits per heavy atom. The molecule has 1 aliphatic rings. The van der Waals surface area contributed by atoms with Crippen LogP contribution in [0.15, 0.2) is 0 Å². The molecule has 0 aromatic carbocycles. The van der Waals surface area contributed by atoms with Crippen LogP contribution in [0.4, 0.5) is 8.78 Å². The van der Waals surface area contributed by atoms with E-state index in [2.05, 4.69) is 5.32 Å². The highest BCUT2D eigenvalue weighted by atomic mass is 19.3. The van der Waals surface area contributed by atoms with Gasteiger partial charge < -0.3 is 10.1 Å². The van der Waals surface area contributed by atoms with Crippen LogP contribution in [0, 0.1) is 5.92 Å². The van der Waals surface area contributed by atoms with Crippen LogP contribution < -0.4 is 5.32 Å². The molecular formula is C13H25F2NO. The SMILES string of the molecule is CCNC(CC1CCC(F)(F)C1)C(C)OCC. The van der Waals surface area contributed by atoms with Crippen LogP contribution in [-0.2, 0) is 4.74 Å². The summed E-state index contributed by atoms with van der Waals surface area (Å²) in [5, 5.41) is 3.35. The molecule has 17 heavy (non-hydrogen) atoms. The van der Waals surface area contributed by atoms with Gasteiger partial charge in [-0.25, -0.2) is 8.78 Å². The van der Waals surface area contributed by atoms with Gasteiger partial charge in [0.05, 0.1) is 6.10 Å². The predicted octanol–water partition coefficient (Wildman–Crippen LogP) is 3.22. The molecule has 0 aromatic rings. The average molecular weight is 249 g/mol. The second-order valence-corrected chi connectivity index (χ2v) is 5.03. The maximum Gasteiger partial charge on any atom is 0.248 e. The van der Waals surface area contributed by atoms with E-state index in [0.29, 0.717) is 13.0 Å². The largest absolute Gasteiger partial charge is 0.377 e. The first-order chi connectivity index (χ1) is 7.98. The van der Waals surface area contributed by atoms with E-state index in [1.165, 1.54) is 0 Å². The van der Waals surface area contributed by atoms with Crippen molar-refractivity contribution < 1.29 is 13.5 Å². The number of hydrogen-bond acceptors (Lipinski definition) is 2. The molecule has 0 aromatic heterocycles. The van der Waals surface area contributed by atoms with E-state index in [1.54, 1.807) is 0 Å². The first-order valence-corrected chi connectivity index (χ1v) is 6.71. The number of nitrogens with one attached hydrogen (secondary N) is 1. The van der Waals surface area contributed by atoms with Crippen LogP contribution in [0.1, 0.15) is 46.5 Å². The van der Waals surface area contributed by atoms with Gasteiger partial charge in [-0.2, -0.15) is 0 Å². The number of rotatable bonds is 7. The van der Waals surface area contributed by atoms with Gasteiger partial charge >= 0.3 is 0 Å². The van der Waals surface area contributed by atoms with Crippen molar-refractivity contribution in [2.24, 2.45) is 5.92 Å². The highest BCUT2D eigenvalue weighted by Gasteiger charge is 2.40. The smallest absolute Gasteiger partial charge is 0.248 e. The highest BCUT2D eigenvalue weighted by molar-refractivity contribution is 4.86. The number of alkyl halides is 2. The first kappa shape index (κ1) is 14.8. The molecule has 0 spiro atoms. The van der Waals surface area contributed by atoms with Gasteiger partial charge in [-0.3, -0.25) is 0 Å². The molecule has 0 amide bonds. The number of ether oxygens (including phenoxy) is 1. The van der Waals surface area contributed by atoms with E-state index in [-0.39, 0.29) is 30.9 Å². The van der Waals surface area contributed by atoms with E-state index in [1.807, 2.05) is 20.8 Å². The molecule has 1 rings (SSSR count). The van der Waals surface area contributed by atoms with Crippen LogP contribution in [0.25, 0.3) is 0 Å². The van der Waals surface area contributed by atoms with Crippen molar-refractivity contribution in [3.63, 3.8) is 0 Å². The van der Waals surface area contributed by atoms with E-state index in [0.717, 1.165) is 13.0 Å². The molecule has 0 aliphatic heterocycles.